The van der Waals surface area contributed by atoms with Crippen LogP contribution in [0.1, 0.15) is 11.3 Å². The van der Waals surface area contributed by atoms with Crippen molar-refractivity contribution in [1.82, 2.24) is 9.97 Å². The summed E-state index contributed by atoms with van der Waals surface area (Å²) in [6.45, 7) is 0.599. The second kappa shape index (κ2) is 6.24. The van der Waals surface area contributed by atoms with E-state index in [2.05, 4.69) is 15.3 Å². The van der Waals surface area contributed by atoms with Gasteiger partial charge < -0.3 is 5.32 Å². The molecule has 0 aliphatic heterocycles. The van der Waals surface area contributed by atoms with Gasteiger partial charge in [0.05, 0.1) is 4.92 Å². The Kier molecular flexibility index (Phi) is 4.19. The lowest BCUT2D eigenvalue weighted by Crippen LogP contribution is -2.07. The minimum atomic E-state index is -0.620. The maximum Gasteiger partial charge on any atom is 0.305 e. The van der Waals surface area contributed by atoms with Crippen molar-refractivity contribution in [2.24, 2.45) is 0 Å². The Labute approximate surface area is 115 Å². The van der Waals surface area contributed by atoms with Crippen LogP contribution in [0, 0.1) is 21.4 Å². The fourth-order valence-electron chi connectivity index (χ4n) is 1.66. The topological polar surface area (TPSA) is 105 Å². The Morgan fingerprint density at radius 2 is 2.25 bits per heavy atom. The van der Waals surface area contributed by atoms with Crippen molar-refractivity contribution in [3.8, 4) is 6.07 Å². The van der Waals surface area contributed by atoms with Gasteiger partial charge in [0.15, 0.2) is 0 Å². The highest BCUT2D eigenvalue weighted by molar-refractivity contribution is 5.50. The average molecular weight is 269 g/mol. The van der Waals surface area contributed by atoms with E-state index in [0.717, 1.165) is 12.0 Å². The van der Waals surface area contributed by atoms with E-state index >= 15 is 0 Å². The van der Waals surface area contributed by atoms with Crippen LogP contribution in [0.2, 0.25) is 0 Å². The molecule has 0 spiro atoms. The number of pyridine rings is 2. The quantitative estimate of drug-likeness (QED) is 0.656. The summed E-state index contributed by atoms with van der Waals surface area (Å²) < 4.78 is 0. The molecule has 0 aromatic carbocycles. The van der Waals surface area contributed by atoms with Crippen molar-refractivity contribution in [2.75, 3.05) is 11.9 Å². The molecule has 0 aliphatic rings. The highest BCUT2D eigenvalue weighted by atomic mass is 16.6. The Bertz CT molecular complexity index is 652. The van der Waals surface area contributed by atoms with E-state index in [0.29, 0.717) is 12.4 Å². The molecule has 0 unspecified atom stereocenters. The van der Waals surface area contributed by atoms with Gasteiger partial charge in [-0.1, -0.05) is 6.07 Å². The van der Waals surface area contributed by atoms with E-state index in [-0.39, 0.29) is 11.4 Å². The lowest BCUT2D eigenvalue weighted by atomic mass is 10.2. The van der Waals surface area contributed by atoms with Gasteiger partial charge in [-0.15, -0.1) is 0 Å². The first-order chi connectivity index (χ1) is 9.70. The first-order valence-electron chi connectivity index (χ1n) is 5.89. The Balaban J connectivity index is 2.00. The normalized spacial score (nSPS) is 9.75. The molecule has 2 rings (SSSR count). The lowest BCUT2D eigenvalue weighted by Gasteiger charge is -2.05. The molecular formula is C13H11N5O2. The highest BCUT2D eigenvalue weighted by Crippen LogP contribution is 2.17. The van der Waals surface area contributed by atoms with E-state index in [9.17, 15) is 10.1 Å². The number of nitro groups is 1. The van der Waals surface area contributed by atoms with Crippen LogP contribution < -0.4 is 5.32 Å². The van der Waals surface area contributed by atoms with Crippen LogP contribution in [-0.4, -0.2) is 21.4 Å². The van der Waals surface area contributed by atoms with Crippen LogP contribution in [0.15, 0.2) is 36.7 Å². The zero-order valence-corrected chi connectivity index (χ0v) is 10.5. The van der Waals surface area contributed by atoms with Crippen molar-refractivity contribution in [2.45, 2.75) is 6.42 Å². The standard InChI is InChI=1S/C13H11N5O2/c14-8-11-12(18(19)20)3-4-13(17-11)16-7-5-10-2-1-6-15-9-10/h1-4,6,9H,5,7H2,(H,16,17). The lowest BCUT2D eigenvalue weighted by molar-refractivity contribution is -0.385. The number of aromatic nitrogens is 2. The largest absolute Gasteiger partial charge is 0.370 e. The third kappa shape index (κ3) is 3.26. The summed E-state index contributed by atoms with van der Waals surface area (Å²) in [5.41, 5.74) is 0.592. The summed E-state index contributed by atoms with van der Waals surface area (Å²) in [6, 6.07) is 8.30. The molecule has 20 heavy (non-hydrogen) atoms. The molecular weight excluding hydrogens is 258 g/mol. The maximum atomic E-state index is 10.7. The number of rotatable bonds is 5. The van der Waals surface area contributed by atoms with Gasteiger partial charge in [-0.25, -0.2) is 4.98 Å². The summed E-state index contributed by atoms with van der Waals surface area (Å²) in [6.07, 6.45) is 4.22. The van der Waals surface area contributed by atoms with Gasteiger partial charge in [-0.05, 0) is 24.1 Å². The van der Waals surface area contributed by atoms with Gasteiger partial charge in [0.2, 0.25) is 5.69 Å². The first kappa shape index (κ1) is 13.4. The number of hydrogen-bond acceptors (Lipinski definition) is 6. The molecule has 0 amide bonds. The van der Waals surface area contributed by atoms with E-state index in [1.807, 2.05) is 12.1 Å². The number of hydrogen-bond donors (Lipinski definition) is 1. The molecule has 0 atom stereocenters. The predicted molar refractivity (Wildman–Crippen MR) is 72.0 cm³/mol. The van der Waals surface area contributed by atoms with Crippen molar-refractivity contribution in [1.29, 1.82) is 5.26 Å². The van der Waals surface area contributed by atoms with E-state index < -0.39 is 4.92 Å². The second-order valence-corrected chi connectivity index (χ2v) is 3.97. The zero-order chi connectivity index (χ0) is 14.4. The van der Waals surface area contributed by atoms with Gasteiger partial charge in [-0.2, -0.15) is 5.26 Å². The van der Waals surface area contributed by atoms with Crippen LogP contribution in [-0.2, 0) is 6.42 Å². The molecule has 0 bridgehead atoms. The zero-order valence-electron chi connectivity index (χ0n) is 10.5. The van der Waals surface area contributed by atoms with Gasteiger partial charge in [-0.3, -0.25) is 15.1 Å². The van der Waals surface area contributed by atoms with E-state index in [1.54, 1.807) is 18.5 Å². The number of nitrogens with zero attached hydrogens (tertiary/aromatic N) is 4. The SMILES string of the molecule is N#Cc1nc(NCCc2cccnc2)ccc1[N+](=O)[O-]. The first-order valence-corrected chi connectivity index (χ1v) is 5.89. The molecule has 7 heteroatoms. The van der Waals surface area contributed by atoms with Gasteiger partial charge in [0.25, 0.3) is 0 Å². The summed E-state index contributed by atoms with van der Waals surface area (Å²) in [7, 11) is 0. The third-order valence-corrected chi connectivity index (χ3v) is 2.62. The van der Waals surface area contributed by atoms with Crippen molar-refractivity contribution >= 4 is 11.5 Å². The minimum absolute atomic E-state index is 0.193. The molecule has 0 aliphatic carbocycles. The Morgan fingerprint density at radius 1 is 1.40 bits per heavy atom. The highest BCUT2D eigenvalue weighted by Gasteiger charge is 2.15. The summed E-state index contributed by atoms with van der Waals surface area (Å²) >= 11 is 0. The summed E-state index contributed by atoms with van der Waals surface area (Å²) in [5, 5.41) is 22.5. The third-order valence-electron chi connectivity index (χ3n) is 2.62. The summed E-state index contributed by atoms with van der Waals surface area (Å²) in [5.74, 6) is 0.441. The van der Waals surface area contributed by atoms with Crippen molar-refractivity contribution in [3.63, 3.8) is 0 Å². The molecule has 2 aromatic rings. The molecule has 0 radical (unpaired) electrons. The van der Waals surface area contributed by atoms with Crippen LogP contribution in [0.4, 0.5) is 11.5 Å². The van der Waals surface area contributed by atoms with Crippen molar-refractivity contribution in [3.05, 3.63) is 58.0 Å². The molecule has 2 heterocycles. The van der Waals surface area contributed by atoms with E-state index in [4.69, 9.17) is 5.26 Å². The molecule has 2 aromatic heterocycles. The van der Waals surface area contributed by atoms with Gasteiger partial charge in [0.1, 0.15) is 11.9 Å². The molecule has 0 saturated heterocycles. The van der Waals surface area contributed by atoms with Crippen LogP contribution in [0.25, 0.3) is 0 Å². The van der Waals surface area contributed by atoms with E-state index in [1.165, 1.54) is 12.1 Å². The molecule has 1 N–H and O–H groups in total. The van der Waals surface area contributed by atoms with Crippen LogP contribution >= 0.6 is 0 Å². The number of anilines is 1. The maximum absolute atomic E-state index is 10.7. The monoisotopic (exact) mass is 269 g/mol. The fourth-order valence-corrected chi connectivity index (χ4v) is 1.66. The van der Waals surface area contributed by atoms with Crippen LogP contribution in [0.3, 0.4) is 0 Å². The second-order valence-electron chi connectivity index (χ2n) is 3.97. The Morgan fingerprint density at radius 3 is 2.90 bits per heavy atom. The predicted octanol–water partition coefficient (Wildman–Crippen LogP) is 1.91. The summed E-state index contributed by atoms with van der Waals surface area (Å²) in [4.78, 5) is 18.0. The van der Waals surface area contributed by atoms with Crippen LogP contribution in [0.5, 0.6) is 0 Å². The number of nitriles is 1. The van der Waals surface area contributed by atoms with Crippen molar-refractivity contribution < 1.29 is 4.92 Å². The number of nitrogens with one attached hydrogen (secondary N) is 1. The Hall–Kier alpha value is -3.01. The molecule has 0 fully saturated rings. The van der Waals surface area contributed by atoms with Gasteiger partial charge in [0, 0.05) is 25.0 Å². The minimum Gasteiger partial charge on any atom is -0.370 e. The van der Waals surface area contributed by atoms with Gasteiger partial charge >= 0.3 is 5.69 Å². The molecule has 7 nitrogen and oxygen atoms in total. The smallest absolute Gasteiger partial charge is 0.305 e. The fraction of sp³-hybridized carbons (Fsp3) is 0.154. The average Bonchev–Trinajstić information content (AvgIpc) is 2.48. The molecule has 100 valence electrons. The molecule has 0 saturated carbocycles.